The summed E-state index contributed by atoms with van der Waals surface area (Å²) in [4.78, 5) is 14.7. The third-order valence-corrected chi connectivity index (χ3v) is 9.42. The van der Waals surface area contributed by atoms with E-state index in [0.29, 0.717) is 34.9 Å². The summed E-state index contributed by atoms with van der Waals surface area (Å²) in [5, 5.41) is 3.38. The van der Waals surface area contributed by atoms with E-state index in [1.807, 2.05) is 24.3 Å². The molecule has 0 atom stereocenters. The zero-order valence-electron chi connectivity index (χ0n) is 24.3. The summed E-state index contributed by atoms with van der Waals surface area (Å²) in [5.74, 6) is 3.54. The first-order chi connectivity index (χ1) is 19.3. The van der Waals surface area contributed by atoms with E-state index in [-0.39, 0.29) is 0 Å². The van der Waals surface area contributed by atoms with Crippen molar-refractivity contribution in [2.75, 3.05) is 31.0 Å². The van der Waals surface area contributed by atoms with Gasteiger partial charge in [0.25, 0.3) is 0 Å². The van der Waals surface area contributed by atoms with E-state index in [4.69, 9.17) is 9.47 Å². The fourth-order valence-corrected chi connectivity index (χ4v) is 7.84. The van der Waals surface area contributed by atoms with Crippen LogP contribution in [0.3, 0.4) is 0 Å². The minimum atomic E-state index is -0.397. The number of anilines is 4. The molecule has 5 nitrogen and oxygen atoms in total. The lowest BCUT2D eigenvalue weighted by Crippen LogP contribution is -2.48. The first kappa shape index (κ1) is 26.7. The molecule has 0 amide bonds. The van der Waals surface area contributed by atoms with Crippen molar-refractivity contribution in [3.63, 3.8) is 0 Å². The summed E-state index contributed by atoms with van der Waals surface area (Å²) in [7, 11) is 3.52. The summed E-state index contributed by atoms with van der Waals surface area (Å²) in [5.41, 5.74) is 6.33. The molecule has 4 aliphatic rings. The molecular formula is C35H42N2O3. The molecule has 4 bridgehead atoms. The van der Waals surface area contributed by atoms with Gasteiger partial charge in [0.15, 0.2) is 0 Å². The van der Waals surface area contributed by atoms with E-state index in [2.05, 4.69) is 67.5 Å². The van der Waals surface area contributed by atoms with Crippen molar-refractivity contribution in [3.05, 3.63) is 77.9 Å². The maximum atomic E-state index is 12.5. The quantitative estimate of drug-likeness (QED) is 0.277. The number of hydrogen-bond donors (Lipinski definition) is 1. The number of nitrogens with one attached hydrogen (secondary N) is 1. The van der Waals surface area contributed by atoms with Gasteiger partial charge >= 0.3 is 5.97 Å². The molecule has 1 N–H and O–H groups in total. The predicted octanol–water partition coefficient (Wildman–Crippen LogP) is 8.49. The van der Waals surface area contributed by atoms with Crippen LogP contribution in [0.5, 0.6) is 5.75 Å². The molecule has 4 fully saturated rings. The number of ether oxygens (including phenoxy) is 2. The van der Waals surface area contributed by atoms with Gasteiger partial charge in [-0.05, 0) is 128 Å². The van der Waals surface area contributed by atoms with Gasteiger partial charge in [-0.3, -0.25) is 0 Å². The number of carbonyl (C=O) groups is 1. The maximum absolute atomic E-state index is 12.5. The normalized spacial score (nSPS) is 24.7. The number of hydrogen-bond acceptors (Lipinski definition) is 5. The van der Waals surface area contributed by atoms with Crippen molar-refractivity contribution in [1.29, 1.82) is 0 Å². The number of esters is 1. The van der Waals surface area contributed by atoms with Gasteiger partial charge in [-0.1, -0.05) is 26.0 Å². The van der Waals surface area contributed by atoms with Crippen molar-refractivity contribution in [1.82, 2.24) is 0 Å². The van der Waals surface area contributed by atoms with Gasteiger partial charge in [0.2, 0.25) is 0 Å². The lowest BCUT2D eigenvalue weighted by Gasteiger charge is -2.57. The number of methoxy groups -OCH3 is 1. The smallest absolute Gasteiger partial charge is 0.340 e. The Balaban J connectivity index is 1.14. The number of rotatable bonds is 9. The largest absolute Gasteiger partial charge is 0.493 e. The molecule has 3 aromatic rings. The fourth-order valence-electron chi connectivity index (χ4n) is 7.84. The number of carbonyl (C=O) groups excluding carboxylic acids is 1. The Morgan fingerprint density at radius 3 is 2.02 bits per heavy atom. The van der Waals surface area contributed by atoms with E-state index < -0.39 is 5.97 Å². The summed E-state index contributed by atoms with van der Waals surface area (Å²) >= 11 is 0. The Hall–Kier alpha value is -3.47. The second kappa shape index (κ2) is 10.8. The van der Waals surface area contributed by atoms with Crippen LogP contribution in [0, 0.1) is 23.7 Å². The summed E-state index contributed by atoms with van der Waals surface area (Å²) in [6.45, 7) is 4.78. The molecule has 40 heavy (non-hydrogen) atoms. The van der Waals surface area contributed by atoms with Crippen molar-refractivity contribution in [2.45, 2.75) is 57.8 Å². The van der Waals surface area contributed by atoms with Gasteiger partial charge in [0, 0.05) is 24.1 Å². The van der Waals surface area contributed by atoms with Crippen LogP contribution in [0.2, 0.25) is 0 Å². The first-order valence-corrected chi connectivity index (χ1v) is 14.9. The summed E-state index contributed by atoms with van der Waals surface area (Å²) in [6.07, 6.45) is 8.63. The Morgan fingerprint density at radius 1 is 0.900 bits per heavy atom. The Bertz CT molecular complexity index is 1310. The molecule has 5 heteroatoms. The van der Waals surface area contributed by atoms with E-state index in [0.717, 1.165) is 29.1 Å². The predicted molar refractivity (Wildman–Crippen MR) is 162 cm³/mol. The number of nitrogens with zero attached hydrogens (tertiary/aromatic N) is 1. The molecule has 0 aromatic heterocycles. The summed E-state index contributed by atoms with van der Waals surface area (Å²) < 4.78 is 10.8. The average Bonchev–Trinajstić information content (AvgIpc) is 2.95. The SMILES string of the molecule is COC(=O)c1cc(OCC(C)C)ccc1Nc1ccc(N(C)c2ccc(C34CC5CC(CC(C5)C3)C4)cc2)cc1. The lowest BCUT2D eigenvalue weighted by molar-refractivity contribution is -0.00518. The fraction of sp³-hybridized carbons (Fsp3) is 0.457. The molecule has 3 aromatic carbocycles. The molecule has 0 spiro atoms. The lowest BCUT2D eigenvalue weighted by atomic mass is 9.48. The van der Waals surface area contributed by atoms with E-state index in [1.54, 1.807) is 11.6 Å². The molecule has 0 heterocycles. The van der Waals surface area contributed by atoms with Crippen molar-refractivity contribution in [3.8, 4) is 5.75 Å². The molecule has 0 radical (unpaired) electrons. The topological polar surface area (TPSA) is 50.8 Å². The van der Waals surface area contributed by atoms with Crippen LogP contribution in [-0.4, -0.2) is 26.7 Å². The minimum absolute atomic E-state index is 0.397. The zero-order valence-corrected chi connectivity index (χ0v) is 24.3. The molecule has 4 aliphatic carbocycles. The van der Waals surface area contributed by atoms with Gasteiger partial charge < -0.3 is 19.7 Å². The Kier molecular flexibility index (Phi) is 7.24. The van der Waals surface area contributed by atoms with Gasteiger partial charge in [-0.25, -0.2) is 4.79 Å². The standard InChI is InChI=1S/C35H42N2O3/c1-23(2)22-40-31-13-14-33(32(18-31)34(38)39-4)36-28-7-11-30(12-8-28)37(3)29-9-5-27(6-10-29)35-19-24-15-25(20-35)17-26(16-24)21-35/h5-14,18,23-26,36H,15-17,19-22H2,1-4H3. The third-order valence-electron chi connectivity index (χ3n) is 9.42. The Morgan fingerprint density at radius 2 is 1.48 bits per heavy atom. The molecular weight excluding hydrogens is 496 g/mol. The van der Waals surface area contributed by atoms with Crippen LogP contribution >= 0.6 is 0 Å². The second-order valence-electron chi connectivity index (χ2n) is 12.9. The van der Waals surface area contributed by atoms with Crippen LogP contribution in [0.25, 0.3) is 0 Å². The average molecular weight is 539 g/mol. The second-order valence-corrected chi connectivity index (χ2v) is 12.9. The van der Waals surface area contributed by atoms with Crippen LogP contribution in [-0.2, 0) is 10.2 Å². The first-order valence-electron chi connectivity index (χ1n) is 14.9. The molecule has 210 valence electrons. The summed E-state index contributed by atoms with van der Waals surface area (Å²) in [6, 6.07) is 23.2. The van der Waals surface area contributed by atoms with Crippen molar-refractivity contribution < 1.29 is 14.3 Å². The number of benzene rings is 3. The highest BCUT2D eigenvalue weighted by Gasteiger charge is 2.51. The van der Waals surface area contributed by atoms with E-state index >= 15 is 0 Å². The molecule has 4 saturated carbocycles. The maximum Gasteiger partial charge on any atom is 0.340 e. The highest BCUT2D eigenvalue weighted by Crippen LogP contribution is 2.60. The van der Waals surface area contributed by atoms with Gasteiger partial charge in [0.05, 0.1) is 25.0 Å². The highest BCUT2D eigenvalue weighted by atomic mass is 16.5. The van der Waals surface area contributed by atoms with Crippen molar-refractivity contribution >= 4 is 28.7 Å². The van der Waals surface area contributed by atoms with Crippen LogP contribution in [0.4, 0.5) is 22.7 Å². The van der Waals surface area contributed by atoms with Crippen molar-refractivity contribution in [2.24, 2.45) is 23.7 Å². The molecule has 0 aliphatic heterocycles. The van der Waals surface area contributed by atoms with Crippen LogP contribution in [0.15, 0.2) is 66.7 Å². The molecule has 0 saturated heterocycles. The van der Waals surface area contributed by atoms with Crippen LogP contribution < -0.4 is 15.0 Å². The van der Waals surface area contributed by atoms with E-state index in [9.17, 15) is 4.79 Å². The monoisotopic (exact) mass is 538 g/mol. The third kappa shape index (κ3) is 5.31. The van der Waals surface area contributed by atoms with Gasteiger partial charge in [0.1, 0.15) is 5.75 Å². The van der Waals surface area contributed by atoms with E-state index in [1.165, 1.54) is 51.3 Å². The zero-order chi connectivity index (χ0) is 27.9. The highest BCUT2D eigenvalue weighted by molar-refractivity contribution is 5.97. The van der Waals surface area contributed by atoms with Crippen LogP contribution in [0.1, 0.15) is 68.3 Å². The Labute approximate surface area is 238 Å². The molecule has 0 unspecified atom stereocenters. The van der Waals surface area contributed by atoms with Gasteiger partial charge in [-0.2, -0.15) is 0 Å². The van der Waals surface area contributed by atoms with Gasteiger partial charge in [-0.15, -0.1) is 0 Å². The minimum Gasteiger partial charge on any atom is -0.493 e. The molecule has 7 rings (SSSR count).